The van der Waals surface area contributed by atoms with Crippen LogP contribution in [-0.4, -0.2) is 46.2 Å². The van der Waals surface area contributed by atoms with E-state index in [1.165, 1.54) is 12.3 Å². The number of esters is 1. The zero-order valence-electron chi connectivity index (χ0n) is 10.8. The molecule has 0 fully saturated rings. The first-order chi connectivity index (χ1) is 9.70. The molecule has 0 aliphatic carbocycles. The molecule has 0 radical (unpaired) electrons. The van der Waals surface area contributed by atoms with Gasteiger partial charge in [0.15, 0.2) is 0 Å². The van der Waals surface area contributed by atoms with Crippen LogP contribution in [0.5, 0.6) is 0 Å². The highest BCUT2D eigenvalue weighted by Crippen LogP contribution is 2.26. The monoisotopic (exact) mass is 354 g/mol. The van der Waals surface area contributed by atoms with Crippen molar-refractivity contribution in [2.24, 2.45) is 4.40 Å². The van der Waals surface area contributed by atoms with Crippen LogP contribution < -0.4 is 0 Å². The summed E-state index contributed by atoms with van der Waals surface area (Å²) in [6.45, 7) is 0.783. The van der Waals surface area contributed by atoms with Gasteiger partial charge in [0.1, 0.15) is 4.21 Å². The number of thiophene rings is 1. The van der Waals surface area contributed by atoms with Crippen LogP contribution in [0.1, 0.15) is 17.3 Å². The number of rotatable bonds is 6. The topological polar surface area (TPSA) is 127 Å². The summed E-state index contributed by atoms with van der Waals surface area (Å²) in [6, 6.07) is 0.981. The standard InChI is InChI=1S/C9H10N2O7S3/c1-3-11(21(16,17)10-6-12)20(14,15)8-4-7(5-19-8)9(13)18-2/h4-5H,3H2,1-2H3. The predicted molar refractivity (Wildman–Crippen MR) is 72.3 cm³/mol. The molecule has 9 nitrogen and oxygen atoms in total. The van der Waals surface area contributed by atoms with Crippen LogP contribution in [0.3, 0.4) is 0 Å². The van der Waals surface area contributed by atoms with E-state index in [0.717, 1.165) is 19.3 Å². The third-order valence-corrected chi connectivity index (χ3v) is 7.48. The van der Waals surface area contributed by atoms with Crippen molar-refractivity contribution in [1.82, 2.24) is 3.71 Å². The molecule has 0 bridgehead atoms. The molecular weight excluding hydrogens is 344 g/mol. The van der Waals surface area contributed by atoms with Gasteiger partial charge in [-0.3, -0.25) is 0 Å². The maximum atomic E-state index is 12.2. The highest BCUT2D eigenvalue weighted by molar-refractivity contribution is 8.04. The van der Waals surface area contributed by atoms with E-state index < -0.39 is 37.0 Å². The van der Waals surface area contributed by atoms with E-state index in [0.29, 0.717) is 11.3 Å². The Morgan fingerprint density at radius 3 is 2.52 bits per heavy atom. The van der Waals surface area contributed by atoms with Crippen molar-refractivity contribution in [3.05, 3.63) is 17.0 Å². The summed E-state index contributed by atoms with van der Waals surface area (Å²) in [6.07, 6.45) is 0.789. The lowest BCUT2D eigenvalue weighted by molar-refractivity contribution is 0.0601. The summed E-state index contributed by atoms with van der Waals surface area (Å²) in [5, 5.41) is 1.21. The molecule has 0 aromatic carbocycles. The van der Waals surface area contributed by atoms with Crippen molar-refractivity contribution >= 4 is 43.6 Å². The fourth-order valence-electron chi connectivity index (χ4n) is 1.33. The van der Waals surface area contributed by atoms with Gasteiger partial charge in [-0.1, -0.05) is 15.0 Å². The Kier molecular flexibility index (Phi) is 5.36. The maximum Gasteiger partial charge on any atom is 0.346 e. The molecular formula is C9H10N2O7S3. The second-order valence-corrected chi connectivity index (χ2v) is 8.15. The second kappa shape index (κ2) is 6.45. The first-order valence-electron chi connectivity index (χ1n) is 5.24. The van der Waals surface area contributed by atoms with E-state index in [1.54, 1.807) is 0 Å². The molecule has 0 atom stereocenters. The lowest BCUT2D eigenvalue weighted by Crippen LogP contribution is -2.35. The molecule has 1 heterocycles. The number of hydrogen-bond acceptors (Lipinski definition) is 8. The molecule has 1 rings (SSSR count). The molecule has 1 aromatic heterocycles. The smallest absolute Gasteiger partial charge is 0.346 e. The summed E-state index contributed by atoms with van der Waals surface area (Å²) in [5.74, 6) is -0.760. The zero-order chi connectivity index (χ0) is 16.3. The van der Waals surface area contributed by atoms with Gasteiger partial charge in [-0.15, -0.1) is 11.3 Å². The molecule has 0 aliphatic rings. The van der Waals surface area contributed by atoms with Crippen molar-refractivity contribution in [1.29, 1.82) is 0 Å². The van der Waals surface area contributed by atoms with Crippen molar-refractivity contribution in [2.45, 2.75) is 11.1 Å². The Labute approximate surface area is 125 Å². The van der Waals surface area contributed by atoms with Gasteiger partial charge in [0.25, 0.3) is 16.1 Å². The molecule has 12 heteroatoms. The average Bonchev–Trinajstić information content (AvgIpc) is 2.88. The molecule has 0 saturated carbocycles. The summed E-state index contributed by atoms with van der Waals surface area (Å²) >= 11 is 0.643. The molecule has 0 amide bonds. The quantitative estimate of drug-likeness (QED) is 0.403. The van der Waals surface area contributed by atoms with Gasteiger partial charge in [0, 0.05) is 11.9 Å². The number of carbonyl (C=O) groups is 1. The van der Waals surface area contributed by atoms with Crippen LogP contribution in [0.25, 0.3) is 0 Å². The first-order valence-corrected chi connectivity index (χ1v) is 8.96. The van der Waals surface area contributed by atoms with Gasteiger partial charge in [-0.25, -0.2) is 18.0 Å². The third kappa shape index (κ3) is 3.54. The fraction of sp³-hybridized carbons (Fsp3) is 0.333. The van der Waals surface area contributed by atoms with Crippen LogP contribution in [0.2, 0.25) is 0 Å². The molecule has 0 N–H and O–H groups in total. The van der Waals surface area contributed by atoms with E-state index in [1.807, 2.05) is 0 Å². The van der Waals surface area contributed by atoms with Crippen molar-refractivity contribution in [2.75, 3.05) is 13.7 Å². The average molecular weight is 354 g/mol. The van der Waals surface area contributed by atoms with Gasteiger partial charge in [-0.2, -0.15) is 8.42 Å². The molecule has 0 aliphatic heterocycles. The second-order valence-electron chi connectivity index (χ2n) is 3.40. The van der Waals surface area contributed by atoms with Gasteiger partial charge >= 0.3 is 16.2 Å². The largest absolute Gasteiger partial charge is 0.465 e. The predicted octanol–water partition coefficient (Wildman–Crippen LogP) is 0.126. The number of carbonyl (C=O) groups excluding carboxylic acids is 2. The minimum Gasteiger partial charge on any atom is -0.465 e. The van der Waals surface area contributed by atoms with Crippen LogP contribution in [0, 0.1) is 0 Å². The van der Waals surface area contributed by atoms with Gasteiger partial charge in [-0.05, 0) is 6.07 Å². The number of methoxy groups -OCH3 is 1. The molecule has 0 unspecified atom stereocenters. The zero-order valence-corrected chi connectivity index (χ0v) is 13.3. The molecule has 1 aromatic rings. The SMILES string of the molecule is CCN(S(=O)(=O)N=C=O)S(=O)(=O)c1cc(C(=O)OC)cs1. The molecule has 0 spiro atoms. The van der Waals surface area contributed by atoms with E-state index in [9.17, 15) is 26.4 Å². The summed E-state index contributed by atoms with van der Waals surface area (Å²) < 4.78 is 54.2. The summed E-state index contributed by atoms with van der Waals surface area (Å²) in [4.78, 5) is 21.4. The van der Waals surface area contributed by atoms with Gasteiger partial charge in [0.2, 0.25) is 0 Å². The van der Waals surface area contributed by atoms with E-state index in [4.69, 9.17) is 0 Å². The van der Waals surface area contributed by atoms with E-state index in [2.05, 4.69) is 9.13 Å². The van der Waals surface area contributed by atoms with Crippen molar-refractivity contribution in [3.63, 3.8) is 0 Å². The summed E-state index contributed by atoms with van der Waals surface area (Å²) in [7, 11) is -8.06. The minimum atomic E-state index is -4.71. The lowest BCUT2D eigenvalue weighted by Gasteiger charge is -2.15. The Morgan fingerprint density at radius 1 is 1.43 bits per heavy atom. The normalized spacial score (nSPS) is 12.0. The van der Waals surface area contributed by atoms with Gasteiger partial charge < -0.3 is 4.74 Å². The maximum absolute atomic E-state index is 12.2. The van der Waals surface area contributed by atoms with Crippen LogP contribution in [-0.2, 0) is 29.8 Å². The Hall–Kier alpha value is -1.59. The van der Waals surface area contributed by atoms with Crippen molar-refractivity contribution in [3.8, 4) is 0 Å². The number of nitrogens with zero attached hydrogens (tertiary/aromatic N) is 2. The molecule has 116 valence electrons. The molecule has 0 saturated heterocycles. The first kappa shape index (κ1) is 17.5. The van der Waals surface area contributed by atoms with E-state index in [-0.39, 0.29) is 9.27 Å². The minimum absolute atomic E-state index is 0.0339. The highest BCUT2D eigenvalue weighted by atomic mass is 32.3. The molecule has 21 heavy (non-hydrogen) atoms. The Bertz CT molecular complexity index is 787. The van der Waals surface area contributed by atoms with Gasteiger partial charge in [0.05, 0.1) is 12.7 Å². The Morgan fingerprint density at radius 2 is 2.05 bits per heavy atom. The number of sulfonamides is 1. The Balaban J connectivity index is 3.36. The van der Waals surface area contributed by atoms with Crippen LogP contribution in [0.15, 0.2) is 20.1 Å². The third-order valence-electron chi connectivity index (χ3n) is 2.19. The van der Waals surface area contributed by atoms with Crippen LogP contribution in [0.4, 0.5) is 0 Å². The van der Waals surface area contributed by atoms with Crippen molar-refractivity contribution < 1.29 is 31.2 Å². The number of isocyanates is 1. The lowest BCUT2D eigenvalue weighted by atomic mass is 10.3. The van der Waals surface area contributed by atoms with E-state index >= 15 is 0 Å². The fourth-order valence-corrected chi connectivity index (χ4v) is 5.63. The number of hydrogen-bond donors (Lipinski definition) is 0. The summed E-state index contributed by atoms with van der Waals surface area (Å²) in [5.41, 5.74) is -0.0339. The van der Waals surface area contributed by atoms with Crippen LogP contribution >= 0.6 is 11.3 Å². The number of ether oxygens (including phenoxy) is 1. The highest BCUT2D eigenvalue weighted by Gasteiger charge is 2.35.